The normalized spacial score (nSPS) is 17.3. The lowest BCUT2D eigenvalue weighted by Crippen LogP contribution is -2.49. The molecule has 1 amide bonds. The fourth-order valence-electron chi connectivity index (χ4n) is 3.41. The zero-order valence-electron chi connectivity index (χ0n) is 16.5. The molecule has 0 saturated heterocycles. The van der Waals surface area contributed by atoms with E-state index in [-0.39, 0.29) is 30.8 Å². The summed E-state index contributed by atoms with van der Waals surface area (Å²) in [7, 11) is 0. The number of nitrogens with two attached hydrogens (primary N) is 2. The lowest BCUT2D eigenvalue weighted by molar-refractivity contribution is -0.137. The first-order chi connectivity index (χ1) is 14.6. The molecule has 1 aromatic heterocycles. The van der Waals surface area contributed by atoms with Gasteiger partial charge < -0.3 is 10.6 Å². The van der Waals surface area contributed by atoms with Crippen LogP contribution in [0, 0.1) is 0 Å². The molecule has 7 nitrogen and oxygen atoms in total. The van der Waals surface area contributed by atoms with E-state index in [1.807, 2.05) is 0 Å². The van der Waals surface area contributed by atoms with Gasteiger partial charge in [-0.15, -0.1) is 0 Å². The summed E-state index contributed by atoms with van der Waals surface area (Å²) < 4.78 is 53.3. The van der Waals surface area contributed by atoms with Gasteiger partial charge in [-0.2, -0.15) is 18.3 Å². The van der Waals surface area contributed by atoms with E-state index < -0.39 is 35.4 Å². The molecule has 1 atom stereocenters. The van der Waals surface area contributed by atoms with Crippen molar-refractivity contribution in [2.75, 3.05) is 18.2 Å². The zero-order chi connectivity index (χ0) is 22.9. The van der Waals surface area contributed by atoms with Gasteiger partial charge in [0.15, 0.2) is 5.82 Å². The van der Waals surface area contributed by atoms with Crippen LogP contribution < -0.4 is 16.6 Å². The van der Waals surface area contributed by atoms with Crippen LogP contribution in [0.1, 0.15) is 29.3 Å². The molecule has 4 N–H and O–H groups in total. The van der Waals surface area contributed by atoms with Crippen molar-refractivity contribution in [3.05, 3.63) is 58.0 Å². The molecule has 1 aliphatic rings. The Morgan fingerprint density at radius 1 is 1.35 bits per heavy atom. The first-order valence-corrected chi connectivity index (χ1v) is 9.73. The smallest absolute Gasteiger partial charge is 0.399 e. The highest BCUT2D eigenvalue weighted by molar-refractivity contribution is 6.34. The van der Waals surface area contributed by atoms with Crippen LogP contribution >= 0.6 is 11.6 Å². The summed E-state index contributed by atoms with van der Waals surface area (Å²) in [6.07, 6.45) is -2.87. The van der Waals surface area contributed by atoms with Crippen LogP contribution in [0.15, 0.2) is 41.9 Å². The Kier molecular flexibility index (Phi) is 6.46. The molecule has 1 unspecified atom stereocenters. The summed E-state index contributed by atoms with van der Waals surface area (Å²) in [6, 6.07) is 4.14. The highest BCUT2D eigenvalue weighted by Crippen LogP contribution is 2.37. The fourth-order valence-corrected chi connectivity index (χ4v) is 3.72. The Bertz CT molecular complexity index is 1010. The molecule has 12 heteroatoms. The molecule has 2 aromatic rings. The van der Waals surface area contributed by atoms with E-state index >= 15 is 0 Å². The number of nitrogens with zero attached hydrogens (tertiary/aromatic N) is 4. The van der Waals surface area contributed by atoms with Gasteiger partial charge in [-0.3, -0.25) is 14.5 Å². The van der Waals surface area contributed by atoms with Crippen LogP contribution in [-0.2, 0) is 12.7 Å². The van der Waals surface area contributed by atoms with Gasteiger partial charge in [-0.25, -0.2) is 10.2 Å². The molecule has 1 aromatic carbocycles. The zero-order valence-corrected chi connectivity index (χ0v) is 17.3. The van der Waals surface area contributed by atoms with E-state index in [9.17, 15) is 22.4 Å². The first-order valence-electron chi connectivity index (χ1n) is 9.35. The van der Waals surface area contributed by atoms with Gasteiger partial charge in [0.05, 0.1) is 40.1 Å². The van der Waals surface area contributed by atoms with Crippen molar-refractivity contribution < 1.29 is 22.4 Å². The molecule has 0 fully saturated rings. The highest BCUT2D eigenvalue weighted by Gasteiger charge is 2.37. The summed E-state index contributed by atoms with van der Waals surface area (Å²) in [5.74, 6) is 5.81. The molecular formula is C19H21ClF4N6O. The minimum absolute atomic E-state index is 0.0821. The predicted molar refractivity (Wildman–Crippen MR) is 108 cm³/mol. The van der Waals surface area contributed by atoms with Crippen LogP contribution in [0.5, 0.6) is 0 Å². The number of halogens is 5. The van der Waals surface area contributed by atoms with E-state index in [0.717, 1.165) is 12.1 Å². The van der Waals surface area contributed by atoms with Crippen LogP contribution in [0.3, 0.4) is 0 Å². The Labute approximate surface area is 180 Å². The molecule has 0 aliphatic carbocycles. The first kappa shape index (κ1) is 22.9. The monoisotopic (exact) mass is 460 g/mol. The summed E-state index contributed by atoms with van der Waals surface area (Å²) in [6.45, 7) is 1.30. The molecular weight excluding hydrogens is 440 g/mol. The number of hydrazine groups is 1. The number of rotatable bonds is 5. The molecule has 0 saturated carbocycles. The van der Waals surface area contributed by atoms with Crippen molar-refractivity contribution in [1.29, 1.82) is 0 Å². The van der Waals surface area contributed by atoms with E-state index in [1.54, 1.807) is 19.2 Å². The Balaban J connectivity index is 1.85. The van der Waals surface area contributed by atoms with Gasteiger partial charge in [0.1, 0.15) is 6.67 Å². The van der Waals surface area contributed by atoms with Gasteiger partial charge >= 0.3 is 6.18 Å². The number of benzene rings is 1. The topological polar surface area (TPSA) is 93.4 Å². The molecule has 1 aliphatic heterocycles. The van der Waals surface area contributed by atoms with Gasteiger partial charge in [-0.1, -0.05) is 17.7 Å². The van der Waals surface area contributed by atoms with Crippen LogP contribution in [0.2, 0.25) is 5.02 Å². The van der Waals surface area contributed by atoms with Gasteiger partial charge in [0.25, 0.3) is 5.91 Å². The van der Waals surface area contributed by atoms with Crippen molar-refractivity contribution in [2.45, 2.75) is 32.1 Å². The summed E-state index contributed by atoms with van der Waals surface area (Å²) >= 11 is 5.90. The van der Waals surface area contributed by atoms with E-state index in [2.05, 4.69) is 5.10 Å². The molecule has 0 radical (unpaired) electrons. The second-order valence-electron chi connectivity index (χ2n) is 6.99. The third-order valence-corrected chi connectivity index (χ3v) is 5.52. The van der Waals surface area contributed by atoms with Crippen molar-refractivity contribution in [2.24, 2.45) is 11.6 Å². The third-order valence-electron chi connectivity index (χ3n) is 5.11. The minimum atomic E-state index is -4.68. The maximum atomic E-state index is 13.1. The van der Waals surface area contributed by atoms with Crippen molar-refractivity contribution in [3.63, 3.8) is 0 Å². The van der Waals surface area contributed by atoms with Crippen molar-refractivity contribution >= 4 is 23.3 Å². The molecule has 0 bridgehead atoms. The number of carbonyl (C=O) groups is 1. The molecule has 31 heavy (non-hydrogen) atoms. The van der Waals surface area contributed by atoms with Crippen molar-refractivity contribution in [3.8, 4) is 0 Å². The number of hydrogen-bond donors (Lipinski definition) is 2. The largest absolute Gasteiger partial charge is 0.417 e. The number of amides is 1. The van der Waals surface area contributed by atoms with Gasteiger partial charge in [0.2, 0.25) is 0 Å². The Hall–Kier alpha value is -2.79. The number of alkyl halides is 4. The number of aryl methyl sites for hydroxylation is 1. The van der Waals surface area contributed by atoms with Gasteiger partial charge in [0, 0.05) is 25.2 Å². The second kappa shape index (κ2) is 8.75. The molecule has 3 rings (SSSR count). The Morgan fingerprint density at radius 2 is 2.06 bits per heavy atom. The summed E-state index contributed by atoms with van der Waals surface area (Å²) in [5, 5.41) is 4.77. The summed E-state index contributed by atoms with van der Waals surface area (Å²) in [4.78, 5) is 14.3. The predicted octanol–water partition coefficient (Wildman–Crippen LogP) is 3.31. The molecule has 168 valence electrons. The van der Waals surface area contributed by atoms with Crippen LogP contribution in [0.25, 0.3) is 0 Å². The number of aromatic nitrogens is 2. The lowest BCUT2D eigenvalue weighted by Gasteiger charge is -2.37. The lowest BCUT2D eigenvalue weighted by atomic mass is 10.0. The SMILES string of the molecule is CC1C(N)=C(N(N)c2ccn(CCF)n2)CCN1C(=O)c1cccc(C(F)(F)F)c1Cl. The standard InChI is InChI=1S/C19H21ClF4N6O/c1-11-17(25)14(30(26)15-6-8-28(27-15)10-7-21)5-9-29(11)18(31)12-3-2-4-13(16(12)20)19(22,23)24/h2-4,6,8,11H,5,7,9-10,25-26H2,1H3. The minimum Gasteiger partial charge on any atom is -0.399 e. The maximum absolute atomic E-state index is 13.1. The Morgan fingerprint density at radius 3 is 2.71 bits per heavy atom. The maximum Gasteiger partial charge on any atom is 0.417 e. The number of carbonyl (C=O) groups excluding carboxylic acids is 1. The third kappa shape index (κ3) is 4.47. The van der Waals surface area contributed by atoms with Crippen molar-refractivity contribution in [1.82, 2.24) is 14.7 Å². The molecule has 2 heterocycles. The van der Waals surface area contributed by atoms with E-state index in [1.165, 1.54) is 20.7 Å². The second-order valence-corrected chi connectivity index (χ2v) is 7.37. The van der Waals surface area contributed by atoms with Gasteiger partial charge in [-0.05, 0) is 19.1 Å². The number of hydrogen-bond acceptors (Lipinski definition) is 5. The quantitative estimate of drug-likeness (QED) is 0.405. The van der Waals surface area contributed by atoms with E-state index in [0.29, 0.717) is 11.5 Å². The average molecular weight is 461 g/mol. The highest BCUT2D eigenvalue weighted by atomic mass is 35.5. The fraction of sp³-hybridized carbons (Fsp3) is 0.368. The van der Waals surface area contributed by atoms with Crippen LogP contribution in [0.4, 0.5) is 23.4 Å². The van der Waals surface area contributed by atoms with Crippen LogP contribution in [-0.4, -0.2) is 39.8 Å². The number of anilines is 1. The van der Waals surface area contributed by atoms with E-state index in [4.69, 9.17) is 23.2 Å². The summed E-state index contributed by atoms with van der Waals surface area (Å²) in [5.41, 5.74) is 5.67. The molecule has 0 spiro atoms. The average Bonchev–Trinajstić information content (AvgIpc) is 3.17.